The molecular weight excluding hydrogens is 266 g/mol. The average Bonchev–Trinajstić information content (AvgIpc) is 2.36. The molecule has 1 amide bonds. The van der Waals surface area contributed by atoms with Crippen LogP contribution in [-0.4, -0.2) is 32.1 Å². The maximum absolute atomic E-state index is 12.9. The summed E-state index contributed by atoms with van der Waals surface area (Å²) in [6, 6.07) is 3.34. The summed E-state index contributed by atoms with van der Waals surface area (Å²) in [4.78, 5) is 11.8. The van der Waals surface area contributed by atoms with E-state index in [0.29, 0.717) is 12.5 Å². The number of nitrogens with one attached hydrogen (secondary N) is 2. The summed E-state index contributed by atoms with van der Waals surface area (Å²) < 4.78 is 30.9. The number of hydrogen-bond donors (Lipinski definition) is 2. The maximum atomic E-state index is 12.9. The Morgan fingerprint density at radius 2 is 2.20 bits per heavy atom. The highest BCUT2D eigenvalue weighted by Crippen LogP contribution is 2.16. The minimum atomic E-state index is -0.947. The summed E-state index contributed by atoms with van der Waals surface area (Å²) in [5.41, 5.74) is 0. The van der Waals surface area contributed by atoms with Crippen LogP contribution in [0, 0.1) is 23.5 Å². The fourth-order valence-electron chi connectivity index (χ4n) is 1.95. The normalized spacial score (nSPS) is 16.4. The number of hydrogen-bond acceptors (Lipinski definition) is 3. The molecule has 1 fully saturated rings. The third-order valence-corrected chi connectivity index (χ3v) is 3.49. The minimum absolute atomic E-state index is 0.00890. The van der Waals surface area contributed by atoms with Gasteiger partial charge in [0.2, 0.25) is 5.91 Å². The molecule has 1 aliphatic heterocycles. The van der Waals surface area contributed by atoms with Gasteiger partial charge >= 0.3 is 0 Å². The molecule has 6 heteroatoms. The molecular formula is C14H18F2N2O2. The van der Waals surface area contributed by atoms with Gasteiger partial charge in [-0.05, 0) is 31.1 Å². The van der Waals surface area contributed by atoms with Crippen LogP contribution in [0.15, 0.2) is 18.2 Å². The Bertz CT molecular complexity index is 478. The van der Waals surface area contributed by atoms with Gasteiger partial charge in [-0.15, -0.1) is 0 Å². The Kier molecular flexibility index (Phi) is 4.89. The molecule has 2 N–H and O–H groups in total. The average molecular weight is 284 g/mol. The number of ether oxygens (including phenoxy) is 1. The lowest BCUT2D eigenvalue weighted by Crippen LogP contribution is -2.49. The summed E-state index contributed by atoms with van der Waals surface area (Å²) in [6.45, 7) is 4.20. The molecule has 4 nitrogen and oxygen atoms in total. The van der Waals surface area contributed by atoms with Gasteiger partial charge in [0.15, 0.2) is 11.6 Å². The summed E-state index contributed by atoms with van der Waals surface area (Å²) in [5, 5.41) is 5.89. The zero-order chi connectivity index (χ0) is 14.5. The first-order valence-electron chi connectivity index (χ1n) is 6.64. The molecule has 1 heterocycles. The number of carbonyl (C=O) groups excluding carboxylic acids is 1. The van der Waals surface area contributed by atoms with Crippen LogP contribution in [0.5, 0.6) is 5.75 Å². The van der Waals surface area contributed by atoms with Gasteiger partial charge in [0.25, 0.3) is 0 Å². The molecule has 1 unspecified atom stereocenters. The van der Waals surface area contributed by atoms with Gasteiger partial charge in [0.1, 0.15) is 12.4 Å². The largest absolute Gasteiger partial charge is 0.492 e. The third kappa shape index (κ3) is 3.66. The molecule has 1 atom stereocenters. The fraction of sp³-hybridized carbons (Fsp3) is 0.500. The standard InChI is InChI=1S/C14H18F2N2O2/c1-9(10-7-17-8-10)14(19)18-4-5-20-11-2-3-12(15)13(16)6-11/h2-3,6,9-10,17H,4-5,7-8H2,1H3,(H,18,19). The predicted molar refractivity (Wildman–Crippen MR) is 70.4 cm³/mol. The van der Waals surface area contributed by atoms with Crippen molar-refractivity contribution >= 4 is 5.91 Å². The topological polar surface area (TPSA) is 50.4 Å². The SMILES string of the molecule is CC(C(=O)NCCOc1ccc(F)c(F)c1)C1CNC1. The number of halogens is 2. The van der Waals surface area contributed by atoms with Crippen LogP contribution in [0.1, 0.15) is 6.92 Å². The molecule has 2 rings (SSSR count). The Morgan fingerprint density at radius 3 is 2.80 bits per heavy atom. The molecule has 0 bridgehead atoms. The molecule has 1 aliphatic rings. The lowest BCUT2D eigenvalue weighted by molar-refractivity contribution is -0.126. The molecule has 20 heavy (non-hydrogen) atoms. The predicted octanol–water partition coefficient (Wildman–Crippen LogP) is 1.32. The molecule has 0 aromatic heterocycles. The number of amides is 1. The minimum Gasteiger partial charge on any atom is -0.492 e. The van der Waals surface area contributed by atoms with Crippen molar-refractivity contribution < 1.29 is 18.3 Å². The maximum Gasteiger partial charge on any atom is 0.223 e. The molecule has 110 valence electrons. The van der Waals surface area contributed by atoms with Crippen molar-refractivity contribution in [1.29, 1.82) is 0 Å². The van der Waals surface area contributed by atoms with Crippen LogP contribution in [0.3, 0.4) is 0 Å². The quantitative estimate of drug-likeness (QED) is 0.775. The molecule has 1 saturated heterocycles. The summed E-state index contributed by atoms with van der Waals surface area (Å²) in [5.74, 6) is -1.26. The molecule has 0 spiro atoms. The first-order chi connectivity index (χ1) is 9.58. The smallest absolute Gasteiger partial charge is 0.223 e. The van der Waals surface area contributed by atoms with E-state index in [1.807, 2.05) is 6.92 Å². The van der Waals surface area contributed by atoms with Crippen molar-refractivity contribution in [1.82, 2.24) is 10.6 Å². The van der Waals surface area contributed by atoms with Gasteiger partial charge in [-0.25, -0.2) is 8.78 Å². The molecule has 1 aromatic carbocycles. The van der Waals surface area contributed by atoms with Crippen LogP contribution in [0.25, 0.3) is 0 Å². The molecule has 0 aliphatic carbocycles. The van der Waals surface area contributed by atoms with Gasteiger partial charge in [-0.3, -0.25) is 4.79 Å². The van der Waals surface area contributed by atoms with Gasteiger partial charge in [0.05, 0.1) is 6.54 Å². The first-order valence-corrected chi connectivity index (χ1v) is 6.64. The van der Waals surface area contributed by atoms with Gasteiger partial charge in [0, 0.05) is 12.0 Å². The lowest BCUT2D eigenvalue weighted by atomic mass is 9.88. The van der Waals surface area contributed by atoms with Gasteiger partial charge in [-0.1, -0.05) is 6.92 Å². The highest BCUT2D eigenvalue weighted by atomic mass is 19.2. The van der Waals surface area contributed by atoms with Crippen LogP contribution >= 0.6 is 0 Å². The van der Waals surface area contributed by atoms with Crippen LogP contribution in [0.4, 0.5) is 8.78 Å². The van der Waals surface area contributed by atoms with E-state index in [-0.39, 0.29) is 24.2 Å². The lowest BCUT2D eigenvalue weighted by Gasteiger charge is -2.31. The highest BCUT2D eigenvalue weighted by Gasteiger charge is 2.28. The van der Waals surface area contributed by atoms with E-state index in [0.717, 1.165) is 25.2 Å². The second-order valence-electron chi connectivity index (χ2n) is 4.92. The van der Waals surface area contributed by atoms with E-state index in [1.165, 1.54) is 6.07 Å². The monoisotopic (exact) mass is 284 g/mol. The van der Waals surface area contributed by atoms with Crippen molar-refractivity contribution in [3.8, 4) is 5.75 Å². The first kappa shape index (κ1) is 14.7. The zero-order valence-corrected chi connectivity index (χ0v) is 11.3. The van der Waals surface area contributed by atoms with E-state index in [2.05, 4.69) is 10.6 Å². The van der Waals surface area contributed by atoms with Crippen molar-refractivity contribution in [3.63, 3.8) is 0 Å². The summed E-state index contributed by atoms with van der Waals surface area (Å²) >= 11 is 0. The van der Waals surface area contributed by atoms with Crippen molar-refractivity contribution in [2.24, 2.45) is 11.8 Å². The Hall–Kier alpha value is -1.69. The summed E-state index contributed by atoms with van der Waals surface area (Å²) in [6.07, 6.45) is 0. The van der Waals surface area contributed by atoms with Crippen LogP contribution in [0.2, 0.25) is 0 Å². The van der Waals surface area contributed by atoms with Crippen molar-refractivity contribution in [3.05, 3.63) is 29.8 Å². The third-order valence-electron chi connectivity index (χ3n) is 3.49. The van der Waals surface area contributed by atoms with Crippen molar-refractivity contribution in [2.45, 2.75) is 6.92 Å². The van der Waals surface area contributed by atoms with E-state index in [1.54, 1.807) is 0 Å². The second-order valence-corrected chi connectivity index (χ2v) is 4.92. The van der Waals surface area contributed by atoms with Crippen molar-refractivity contribution in [2.75, 3.05) is 26.2 Å². The van der Waals surface area contributed by atoms with E-state index in [4.69, 9.17) is 4.74 Å². The Balaban J connectivity index is 1.67. The van der Waals surface area contributed by atoms with E-state index in [9.17, 15) is 13.6 Å². The Labute approximate surface area is 116 Å². The van der Waals surface area contributed by atoms with Crippen LogP contribution < -0.4 is 15.4 Å². The second kappa shape index (κ2) is 6.65. The molecule has 0 radical (unpaired) electrons. The summed E-state index contributed by atoms with van der Waals surface area (Å²) in [7, 11) is 0. The molecule has 0 saturated carbocycles. The van der Waals surface area contributed by atoms with E-state index >= 15 is 0 Å². The van der Waals surface area contributed by atoms with E-state index < -0.39 is 11.6 Å². The van der Waals surface area contributed by atoms with Gasteiger partial charge in [-0.2, -0.15) is 0 Å². The number of rotatable bonds is 6. The van der Waals surface area contributed by atoms with Gasteiger partial charge < -0.3 is 15.4 Å². The highest BCUT2D eigenvalue weighted by molar-refractivity contribution is 5.78. The number of benzene rings is 1. The Morgan fingerprint density at radius 1 is 1.45 bits per heavy atom. The van der Waals surface area contributed by atoms with Crippen LogP contribution in [-0.2, 0) is 4.79 Å². The molecule has 1 aromatic rings. The zero-order valence-electron chi connectivity index (χ0n) is 11.3. The fourth-order valence-corrected chi connectivity index (χ4v) is 1.95. The number of carbonyl (C=O) groups is 1.